The van der Waals surface area contributed by atoms with E-state index >= 15 is 0 Å². The molecule has 148 valence electrons. The van der Waals surface area contributed by atoms with Crippen molar-refractivity contribution >= 4 is 16.7 Å². The topological polar surface area (TPSA) is 62.0 Å². The second-order valence-corrected chi connectivity index (χ2v) is 7.80. The summed E-state index contributed by atoms with van der Waals surface area (Å²) in [5, 5.41) is 4.14. The van der Waals surface area contributed by atoms with Crippen molar-refractivity contribution in [3.8, 4) is 11.3 Å². The van der Waals surface area contributed by atoms with Crippen LogP contribution in [-0.4, -0.2) is 17.4 Å². The molecule has 1 unspecified atom stereocenters. The van der Waals surface area contributed by atoms with Gasteiger partial charge in [-0.15, -0.1) is 0 Å². The number of H-pyrrole nitrogens is 1. The average molecular weight is 390 g/mol. The third kappa shape index (κ3) is 3.73. The third-order valence-corrected chi connectivity index (χ3v) is 5.51. The summed E-state index contributed by atoms with van der Waals surface area (Å²) in [7, 11) is 0. The van der Waals surface area contributed by atoms with Crippen LogP contribution in [-0.2, 0) is 4.79 Å². The van der Waals surface area contributed by atoms with Crippen LogP contribution in [0.1, 0.15) is 31.7 Å². The molecule has 0 bridgehead atoms. The zero-order valence-corrected chi connectivity index (χ0v) is 16.5. The van der Waals surface area contributed by atoms with E-state index in [1.807, 2.05) is 50.3 Å². The number of aromatic amines is 1. The van der Waals surface area contributed by atoms with Gasteiger partial charge in [0.1, 0.15) is 5.82 Å². The molecule has 1 fully saturated rings. The van der Waals surface area contributed by atoms with Crippen molar-refractivity contribution in [1.82, 2.24) is 10.3 Å². The van der Waals surface area contributed by atoms with E-state index < -0.39 is 0 Å². The van der Waals surface area contributed by atoms with Crippen LogP contribution in [0.5, 0.6) is 0 Å². The lowest BCUT2D eigenvalue weighted by Crippen LogP contribution is -2.20. The summed E-state index contributed by atoms with van der Waals surface area (Å²) in [5.74, 6) is -0.329. The number of hydrogen-bond donors (Lipinski definition) is 2. The van der Waals surface area contributed by atoms with Gasteiger partial charge < -0.3 is 10.3 Å². The normalized spacial score (nSPS) is 16.6. The number of fused-ring (bicyclic) bond motifs is 1. The third-order valence-electron chi connectivity index (χ3n) is 5.51. The van der Waals surface area contributed by atoms with E-state index in [1.54, 1.807) is 12.1 Å². The van der Waals surface area contributed by atoms with Gasteiger partial charge in [0.15, 0.2) is 0 Å². The van der Waals surface area contributed by atoms with Crippen molar-refractivity contribution in [2.75, 3.05) is 6.54 Å². The van der Waals surface area contributed by atoms with Gasteiger partial charge in [-0.2, -0.15) is 0 Å². The molecule has 1 aliphatic rings. The number of amides is 1. The maximum Gasteiger partial charge on any atom is 0.252 e. The molecule has 0 spiro atoms. The average Bonchev–Trinajstić information content (AvgIpc) is 3.11. The van der Waals surface area contributed by atoms with E-state index in [9.17, 15) is 14.0 Å². The Kier molecular flexibility index (Phi) is 5.05. The van der Waals surface area contributed by atoms with E-state index in [-0.39, 0.29) is 29.1 Å². The first kappa shape index (κ1) is 19.1. The van der Waals surface area contributed by atoms with E-state index in [2.05, 4.69) is 10.3 Å². The minimum absolute atomic E-state index is 0.0538. The first-order chi connectivity index (χ1) is 13.9. The van der Waals surface area contributed by atoms with E-state index in [4.69, 9.17) is 0 Å². The number of carbonyl (C=O) groups is 1. The molecule has 0 aliphatic carbocycles. The molecule has 1 aromatic heterocycles. The molecule has 4 rings (SSSR count). The number of benzene rings is 2. The fraction of sp³-hybridized carbons (Fsp3) is 0.250. The molecule has 1 amide bonds. The molecule has 5 heteroatoms. The lowest BCUT2D eigenvalue weighted by Gasteiger charge is -2.18. The van der Waals surface area contributed by atoms with Gasteiger partial charge >= 0.3 is 0 Å². The number of aromatic nitrogens is 1. The Balaban J connectivity index is 1.73. The number of carbonyl (C=O) groups excluding carboxylic acids is 1. The van der Waals surface area contributed by atoms with Crippen LogP contribution in [0.2, 0.25) is 0 Å². The minimum atomic E-state index is -0.287. The minimum Gasteiger partial charge on any atom is -0.352 e. The Morgan fingerprint density at radius 3 is 2.59 bits per heavy atom. The predicted molar refractivity (Wildman–Crippen MR) is 113 cm³/mol. The quantitative estimate of drug-likeness (QED) is 0.644. The molecule has 0 saturated carbocycles. The summed E-state index contributed by atoms with van der Waals surface area (Å²) in [6.07, 6.45) is 2.60. The molecule has 2 N–H and O–H groups in total. The molecule has 2 aromatic carbocycles. The van der Waals surface area contributed by atoms with Gasteiger partial charge in [-0.25, -0.2) is 4.39 Å². The zero-order valence-electron chi connectivity index (χ0n) is 16.5. The fourth-order valence-electron chi connectivity index (χ4n) is 3.87. The Morgan fingerprint density at radius 1 is 1.07 bits per heavy atom. The van der Waals surface area contributed by atoms with Gasteiger partial charge in [0, 0.05) is 34.7 Å². The van der Waals surface area contributed by atoms with Gasteiger partial charge in [-0.1, -0.05) is 50.3 Å². The van der Waals surface area contributed by atoms with Crippen molar-refractivity contribution in [3.05, 3.63) is 81.9 Å². The fourth-order valence-corrected chi connectivity index (χ4v) is 3.87. The maximum absolute atomic E-state index is 14.1. The second-order valence-electron chi connectivity index (χ2n) is 7.80. The zero-order chi connectivity index (χ0) is 20.5. The highest BCUT2D eigenvalue weighted by molar-refractivity contribution is 5.95. The smallest absolute Gasteiger partial charge is 0.252 e. The van der Waals surface area contributed by atoms with Gasteiger partial charge in [0.2, 0.25) is 5.91 Å². The monoisotopic (exact) mass is 390 g/mol. The maximum atomic E-state index is 14.1. The van der Waals surface area contributed by atoms with Crippen molar-refractivity contribution in [2.24, 2.45) is 5.92 Å². The van der Waals surface area contributed by atoms with Gasteiger partial charge in [0.05, 0.1) is 0 Å². The molecule has 1 aliphatic heterocycles. The van der Waals surface area contributed by atoms with E-state index in [1.165, 1.54) is 6.07 Å². The van der Waals surface area contributed by atoms with Crippen LogP contribution in [0.15, 0.2) is 65.0 Å². The van der Waals surface area contributed by atoms with E-state index in [0.717, 1.165) is 16.5 Å². The van der Waals surface area contributed by atoms with Gasteiger partial charge in [-0.05, 0) is 41.5 Å². The lowest BCUT2D eigenvalue weighted by molar-refractivity contribution is -0.116. The standard InChI is InChI=1S/C24H23FN2O2/c1-14(2)19(13-17-10-11-26-23(17)28)18-8-9-22(27-24(18)29)16-7-6-15-4-3-5-21(25)20(15)12-16/h3-9,12-14,19H,10-11H2,1-2H3,(H,26,28)(H,27,29). The van der Waals surface area contributed by atoms with Crippen LogP contribution in [0.25, 0.3) is 22.0 Å². The number of rotatable bonds is 4. The summed E-state index contributed by atoms with van der Waals surface area (Å²) >= 11 is 0. The number of allylic oxidation sites excluding steroid dienone is 1. The lowest BCUT2D eigenvalue weighted by atomic mass is 9.87. The highest BCUT2D eigenvalue weighted by Crippen LogP contribution is 2.29. The second kappa shape index (κ2) is 7.66. The summed E-state index contributed by atoms with van der Waals surface area (Å²) in [5.41, 5.74) is 2.56. The number of halogens is 1. The first-order valence-corrected chi connectivity index (χ1v) is 9.85. The van der Waals surface area contributed by atoms with Crippen molar-refractivity contribution < 1.29 is 9.18 Å². The van der Waals surface area contributed by atoms with Gasteiger partial charge in [-0.3, -0.25) is 9.59 Å². The van der Waals surface area contributed by atoms with Gasteiger partial charge in [0.25, 0.3) is 5.56 Å². The highest BCUT2D eigenvalue weighted by atomic mass is 19.1. The molecule has 0 radical (unpaired) electrons. The van der Waals surface area contributed by atoms with Crippen LogP contribution in [0.4, 0.5) is 4.39 Å². The Hall–Kier alpha value is -3.21. The molecule has 3 aromatic rings. The Labute approximate surface area is 168 Å². The number of nitrogens with one attached hydrogen (secondary N) is 2. The highest BCUT2D eigenvalue weighted by Gasteiger charge is 2.22. The first-order valence-electron chi connectivity index (χ1n) is 9.85. The molecular weight excluding hydrogens is 367 g/mol. The number of pyridine rings is 1. The Bertz CT molecular complexity index is 1180. The summed E-state index contributed by atoms with van der Waals surface area (Å²) < 4.78 is 14.1. The van der Waals surface area contributed by atoms with Crippen molar-refractivity contribution in [3.63, 3.8) is 0 Å². The molecule has 4 nitrogen and oxygen atoms in total. The van der Waals surface area contributed by atoms with Crippen LogP contribution < -0.4 is 10.9 Å². The van der Waals surface area contributed by atoms with Crippen molar-refractivity contribution in [1.29, 1.82) is 0 Å². The SMILES string of the molecule is CC(C)C(C=C1CCNC1=O)c1ccc(-c2ccc3cccc(F)c3c2)[nH]c1=O. The molecule has 1 saturated heterocycles. The summed E-state index contributed by atoms with van der Waals surface area (Å²) in [4.78, 5) is 27.8. The molecule has 2 heterocycles. The summed E-state index contributed by atoms with van der Waals surface area (Å²) in [6.45, 7) is 4.71. The summed E-state index contributed by atoms with van der Waals surface area (Å²) in [6, 6.07) is 14.1. The Morgan fingerprint density at radius 2 is 1.90 bits per heavy atom. The van der Waals surface area contributed by atoms with E-state index in [0.29, 0.717) is 29.6 Å². The van der Waals surface area contributed by atoms with Crippen LogP contribution >= 0.6 is 0 Å². The van der Waals surface area contributed by atoms with Crippen molar-refractivity contribution in [2.45, 2.75) is 26.2 Å². The predicted octanol–water partition coefficient (Wildman–Crippen LogP) is 4.52. The largest absolute Gasteiger partial charge is 0.352 e. The number of hydrogen-bond acceptors (Lipinski definition) is 2. The molecule has 29 heavy (non-hydrogen) atoms. The van der Waals surface area contributed by atoms with Crippen LogP contribution in [0.3, 0.4) is 0 Å². The molecular formula is C24H23FN2O2. The van der Waals surface area contributed by atoms with Crippen LogP contribution in [0, 0.1) is 11.7 Å². The molecule has 1 atom stereocenters.